The Morgan fingerprint density at radius 3 is 2.02 bits per heavy atom. The number of nitrogens with zero attached hydrogens (tertiary/aromatic N) is 2. The molecule has 0 bridgehead atoms. The van der Waals surface area contributed by atoms with E-state index in [1.165, 1.54) is 18.2 Å². The molecule has 0 spiro atoms. The minimum atomic E-state index is -1.06. The topological polar surface area (TPSA) is 145 Å². The van der Waals surface area contributed by atoms with Crippen molar-refractivity contribution < 1.29 is 24.3 Å². The van der Waals surface area contributed by atoms with Crippen molar-refractivity contribution in [3.8, 4) is 0 Å². The summed E-state index contributed by atoms with van der Waals surface area (Å²) in [6.07, 6.45) is 2.50. The number of nitrogens with one attached hydrogen (secondary N) is 2. The van der Waals surface area contributed by atoms with Crippen molar-refractivity contribution in [2.75, 3.05) is 26.2 Å². The van der Waals surface area contributed by atoms with Crippen LogP contribution in [-0.2, 0) is 11.2 Å². The number of nitrogens with two attached hydrogens (primary N) is 1. The fraction of sp³-hybridized carbons (Fsp3) is 0.515. The van der Waals surface area contributed by atoms with Crippen molar-refractivity contribution in [2.45, 2.75) is 78.9 Å². The molecule has 2 unspecified atom stereocenters. The van der Waals surface area contributed by atoms with Crippen LogP contribution in [0, 0.1) is 5.92 Å². The van der Waals surface area contributed by atoms with Gasteiger partial charge in [-0.1, -0.05) is 71.4 Å². The van der Waals surface area contributed by atoms with Gasteiger partial charge in [0.1, 0.15) is 0 Å². The first-order valence-corrected chi connectivity index (χ1v) is 15.3. The van der Waals surface area contributed by atoms with E-state index in [1.807, 2.05) is 51.1 Å². The lowest BCUT2D eigenvalue weighted by Crippen LogP contribution is -2.54. The van der Waals surface area contributed by atoms with Crippen LogP contribution in [0.4, 0.5) is 0 Å². The maximum absolute atomic E-state index is 13.7. The number of primary amides is 1. The van der Waals surface area contributed by atoms with Crippen molar-refractivity contribution in [1.82, 2.24) is 20.7 Å². The number of hydrogen-bond donors (Lipinski definition) is 4. The summed E-state index contributed by atoms with van der Waals surface area (Å²) in [6.45, 7) is 11.3. The summed E-state index contributed by atoms with van der Waals surface area (Å²) < 4.78 is 0. The van der Waals surface area contributed by atoms with Crippen molar-refractivity contribution in [3.05, 3.63) is 70.8 Å². The Kier molecular flexibility index (Phi) is 14.9. The third kappa shape index (κ3) is 11.4. The first-order valence-electron chi connectivity index (χ1n) is 15.3. The number of benzene rings is 2. The number of rotatable bonds is 18. The Morgan fingerprint density at radius 2 is 1.47 bits per heavy atom. The van der Waals surface area contributed by atoms with Crippen LogP contribution >= 0.6 is 0 Å². The smallest absolute Gasteiger partial charge is 0.253 e. The van der Waals surface area contributed by atoms with Gasteiger partial charge in [0.05, 0.1) is 12.1 Å². The molecule has 2 aromatic carbocycles. The molecule has 10 nitrogen and oxygen atoms in total. The quantitative estimate of drug-likeness (QED) is 0.194. The summed E-state index contributed by atoms with van der Waals surface area (Å²) in [5, 5.41) is 16.0. The Labute approximate surface area is 256 Å². The molecule has 0 fully saturated rings. The van der Waals surface area contributed by atoms with Crippen LogP contribution in [0.1, 0.15) is 96.9 Å². The number of hydrogen-bond acceptors (Lipinski definition) is 6. The number of carbonyl (C=O) groups is 4. The van der Waals surface area contributed by atoms with Crippen LogP contribution in [0.5, 0.6) is 0 Å². The second kappa shape index (κ2) is 18.0. The van der Waals surface area contributed by atoms with Gasteiger partial charge in [0, 0.05) is 48.8 Å². The first kappa shape index (κ1) is 35.4. The largest absolute Gasteiger partial charge is 0.390 e. The lowest BCUT2D eigenvalue weighted by atomic mass is 9.99. The van der Waals surface area contributed by atoms with Crippen molar-refractivity contribution in [2.24, 2.45) is 11.7 Å². The molecule has 0 heterocycles. The van der Waals surface area contributed by atoms with Gasteiger partial charge in [0.15, 0.2) is 0 Å². The summed E-state index contributed by atoms with van der Waals surface area (Å²) >= 11 is 0. The van der Waals surface area contributed by atoms with Crippen LogP contribution in [0.2, 0.25) is 0 Å². The summed E-state index contributed by atoms with van der Waals surface area (Å²) in [7, 11) is 0. The zero-order chi connectivity index (χ0) is 31.9. The molecular weight excluding hydrogens is 546 g/mol. The van der Waals surface area contributed by atoms with Crippen LogP contribution in [0.15, 0.2) is 48.5 Å². The van der Waals surface area contributed by atoms with E-state index in [1.54, 1.807) is 23.8 Å². The number of aliphatic hydroxyl groups excluding tert-OH is 1. The normalized spacial score (nSPS) is 12.6. The summed E-state index contributed by atoms with van der Waals surface area (Å²) in [5.74, 6) is -1.99. The van der Waals surface area contributed by atoms with Gasteiger partial charge in [-0.3, -0.25) is 24.6 Å². The highest BCUT2D eigenvalue weighted by Gasteiger charge is 2.27. The molecule has 2 rings (SSSR count). The third-order valence-corrected chi connectivity index (χ3v) is 7.06. The van der Waals surface area contributed by atoms with E-state index in [4.69, 9.17) is 5.73 Å². The van der Waals surface area contributed by atoms with E-state index in [9.17, 15) is 24.3 Å². The van der Waals surface area contributed by atoms with Crippen molar-refractivity contribution in [1.29, 1.82) is 0 Å². The Balaban J connectivity index is 2.40. The lowest BCUT2D eigenvalue weighted by Gasteiger charge is -2.31. The second-order valence-corrected chi connectivity index (χ2v) is 11.2. The molecular formula is C33H49N5O5. The Morgan fingerprint density at radius 1 is 0.860 bits per heavy atom. The number of amides is 4. The molecule has 5 N–H and O–H groups in total. The van der Waals surface area contributed by atoms with Crippen molar-refractivity contribution >= 4 is 23.6 Å². The molecule has 4 amide bonds. The summed E-state index contributed by atoms with van der Waals surface area (Å²) in [6, 6.07) is 12.9. The minimum Gasteiger partial charge on any atom is -0.390 e. The molecule has 2 aromatic rings. The predicted octanol–water partition coefficient (Wildman–Crippen LogP) is 3.54. The monoisotopic (exact) mass is 595 g/mol. The number of hydrazine groups is 1. The van der Waals surface area contributed by atoms with E-state index >= 15 is 0 Å². The van der Waals surface area contributed by atoms with Gasteiger partial charge in [-0.15, -0.1) is 0 Å². The van der Waals surface area contributed by atoms with Gasteiger partial charge in [-0.25, -0.2) is 5.01 Å². The lowest BCUT2D eigenvalue weighted by molar-refractivity contribution is -0.129. The molecule has 0 radical (unpaired) electrons. The molecule has 43 heavy (non-hydrogen) atoms. The average Bonchev–Trinajstić information content (AvgIpc) is 2.99. The Hall–Kier alpha value is -3.76. The molecule has 0 aliphatic heterocycles. The Bertz CT molecular complexity index is 1200. The zero-order valence-electron chi connectivity index (χ0n) is 26.3. The number of carbonyl (C=O) groups excluding carboxylic acids is 4. The molecule has 2 atom stereocenters. The van der Waals surface area contributed by atoms with Crippen LogP contribution < -0.4 is 16.5 Å². The summed E-state index contributed by atoms with van der Waals surface area (Å²) in [5.41, 5.74) is 9.70. The van der Waals surface area contributed by atoms with Gasteiger partial charge in [0.25, 0.3) is 11.8 Å². The fourth-order valence-electron chi connectivity index (χ4n) is 4.64. The van der Waals surface area contributed by atoms with Crippen LogP contribution in [0.25, 0.3) is 0 Å². The molecule has 0 aliphatic carbocycles. The van der Waals surface area contributed by atoms with Gasteiger partial charge in [-0.05, 0) is 49.4 Å². The van der Waals surface area contributed by atoms with Gasteiger partial charge in [-0.2, -0.15) is 0 Å². The fourth-order valence-corrected chi connectivity index (χ4v) is 4.64. The zero-order valence-corrected chi connectivity index (χ0v) is 26.3. The number of aliphatic hydroxyl groups is 1. The van der Waals surface area contributed by atoms with Crippen LogP contribution in [-0.4, -0.2) is 77.0 Å². The summed E-state index contributed by atoms with van der Waals surface area (Å²) in [4.78, 5) is 53.3. The maximum atomic E-state index is 13.7. The molecule has 0 aromatic heterocycles. The predicted molar refractivity (Wildman–Crippen MR) is 168 cm³/mol. The minimum absolute atomic E-state index is 0.0474. The number of unbranched alkanes of at least 4 members (excludes halogenated alkanes) is 1. The van der Waals surface area contributed by atoms with Gasteiger partial charge < -0.3 is 21.1 Å². The molecule has 0 saturated heterocycles. The highest BCUT2D eigenvalue weighted by Crippen LogP contribution is 2.16. The van der Waals surface area contributed by atoms with Crippen molar-refractivity contribution in [3.63, 3.8) is 0 Å². The van der Waals surface area contributed by atoms with E-state index in [-0.39, 0.29) is 41.0 Å². The molecule has 0 saturated carbocycles. The van der Waals surface area contributed by atoms with Gasteiger partial charge >= 0.3 is 0 Å². The van der Waals surface area contributed by atoms with E-state index in [0.717, 1.165) is 31.2 Å². The first-order chi connectivity index (χ1) is 20.5. The standard InChI is InChI=1S/C33H49N5O5/c1-6-9-17-38(36-31(41)23(4)5)22-29(39)28(18-24-13-11-10-12-14-24)35-32(42)26-19-25(30(34)40)20-27(21-26)33(43)37(15-7-2)16-8-3/h10-14,19-21,23,28-29,39H,6-9,15-18,22H2,1-5H3,(H2,34,40)(H,35,42)(H,36,41). The van der Waals surface area contributed by atoms with Crippen LogP contribution in [0.3, 0.4) is 0 Å². The average molecular weight is 596 g/mol. The SMILES string of the molecule is CCCCN(CC(O)C(Cc1ccccc1)NC(=O)c1cc(C(N)=O)cc(C(=O)N(CCC)CCC)c1)NC(=O)C(C)C. The molecule has 10 heteroatoms. The highest BCUT2D eigenvalue weighted by atomic mass is 16.3. The molecule has 0 aliphatic rings. The van der Waals surface area contributed by atoms with E-state index in [0.29, 0.717) is 26.1 Å². The highest BCUT2D eigenvalue weighted by molar-refractivity contribution is 6.04. The maximum Gasteiger partial charge on any atom is 0.253 e. The van der Waals surface area contributed by atoms with E-state index < -0.39 is 24.0 Å². The second-order valence-electron chi connectivity index (χ2n) is 11.2. The molecule has 236 valence electrons. The third-order valence-electron chi connectivity index (χ3n) is 7.06. The van der Waals surface area contributed by atoms with Gasteiger partial charge in [0.2, 0.25) is 11.8 Å². The van der Waals surface area contributed by atoms with E-state index in [2.05, 4.69) is 10.7 Å².